The highest BCUT2D eigenvalue weighted by Gasteiger charge is 2.44. The van der Waals surface area contributed by atoms with Crippen LogP contribution in [0.1, 0.15) is 18.5 Å². The van der Waals surface area contributed by atoms with Gasteiger partial charge in [0, 0.05) is 44.6 Å². The molecule has 2 fully saturated rings. The summed E-state index contributed by atoms with van der Waals surface area (Å²) in [6, 6.07) is 4.80. The van der Waals surface area contributed by atoms with Gasteiger partial charge in [0.25, 0.3) is 10.0 Å². The van der Waals surface area contributed by atoms with Gasteiger partial charge in [-0.1, -0.05) is 5.16 Å². The van der Waals surface area contributed by atoms with Crippen LogP contribution in [0, 0.1) is 12.8 Å². The van der Waals surface area contributed by atoms with Gasteiger partial charge in [0.2, 0.25) is 16.8 Å². The minimum absolute atomic E-state index is 0.0346. The first-order valence-electron chi connectivity index (χ1n) is 8.15. The number of hydrogen-bond donors (Lipinski definition) is 0. The van der Waals surface area contributed by atoms with Crippen molar-refractivity contribution in [2.75, 3.05) is 20.1 Å². The average Bonchev–Trinajstić information content (AvgIpc) is 3.28. The van der Waals surface area contributed by atoms with E-state index in [9.17, 15) is 13.2 Å². The molecule has 0 unspecified atom stereocenters. The molecule has 2 aromatic rings. The Morgan fingerprint density at radius 3 is 2.80 bits per heavy atom. The third-order valence-electron chi connectivity index (χ3n) is 5.03. The minimum Gasteiger partial charge on any atom is -0.440 e. The molecule has 2 saturated heterocycles. The van der Waals surface area contributed by atoms with E-state index < -0.39 is 10.0 Å². The van der Waals surface area contributed by atoms with Crippen molar-refractivity contribution in [1.29, 1.82) is 0 Å². The van der Waals surface area contributed by atoms with Crippen molar-refractivity contribution in [2.45, 2.75) is 30.9 Å². The molecular weight excluding hydrogens is 346 g/mol. The number of furan rings is 1. The van der Waals surface area contributed by atoms with Crippen LogP contribution in [0.4, 0.5) is 0 Å². The first-order valence-corrected chi connectivity index (χ1v) is 9.59. The molecule has 0 saturated carbocycles. The van der Waals surface area contributed by atoms with Crippen molar-refractivity contribution in [3.8, 4) is 11.5 Å². The minimum atomic E-state index is -3.74. The number of aromatic nitrogens is 1. The van der Waals surface area contributed by atoms with Gasteiger partial charge in [-0.25, -0.2) is 8.42 Å². The Hall–Kier alpha value is -2.13. The highest BCUT2D eigenvalue weighted by atomic mass is 32.2. The summed E-state index contributed by atoms with van der Waals surface area (Å²) in [4.78, 5) is 13.6. The van der Waals surface area contributed by atoms with Crippen molar-refractivity contribution >= 4 is 15.9 Å². The lowest BCUT2D eigenvalue weighted by Crippen LogP contribution is -2.47. The van der Waals surface area contributed by atoms with Crippen LogP contribution in [-0.2, 0) is 14.8 Å². The van der Waals surface area contributed by atoms with E-state index >= 15 is 0 Å². The van der Waals surface area contributed by atoms with Crippen LogP contribution >= 0.6 is 0 Å². The Bertz CT molecular complexity index is 916. The molecule has 1 amide bonds. The Labute approximate surface area is 145 Å². The highest BCUT2D eigenvalue weighted by Crippen LogP contribution is 2.34. The molecule has 2 aromatic heterocycles. The maximum Gasteiger partial charge on any atom is 0.276 e. The summed E-state index contributed by atoms with van der Waals surface area (Å²) in [5.74, 6) is 0.827. The molecule has 8 nitrogen and oxygen atoms in total. The van der Waals surface area contributed by atoms with E-state index in [1.807, 2.05) is 0 Å². The summed E-state index contributed by atoms with van der Waals surface area (Å²) < 4.78 is 37.8. The van der Waals surface area contributed by atoms with E-state index in [2.05, 4.69) is 5.16 Å². The van der Waals surface area contributed by atoms with Gasteiger partial charge in [-0.05, 0) is 25.5 Å². The fourth-order valence-electron chi connectivity index (χ4n) is 3.67. The van der Waals surface area contributed by atoms with E-state index in [0.29, 0.717) is 43.1 Å². The van der Waals surface area contributed by atoms with Gasteiger partial charge in [0.15, 0.2) is 5.76 Å². The summed E-state index contributed by atoms with van der Waals surface area (Å²) in [7, 11) is -1.95. The van der Waals surface area contributed by atoms with Gasteiger partial charge in [-0.15, -0.1) is 0 Å². The number of fused-ring (bicyclic) bond motifs is 1. The summed E-state index contributed by atoms with van der Waals surface area (Å²) >= 11 is 0. The highest BCUT2D eigenvalue weighted by molar-refractivity contribution is 7.89. The number of rotatable bonds is 3. The normalized spacial score (nSPS) is 24.7. The third kappa shape index (κ3) is 2.67. The molecule has 9 heteroatoms. The molecule has 0 aromatic carbocycles. The first-order chi connectivity index (χ1) is 11.9. The molecule has 4 rings (SSSR count). The van der Waals surface area contributed by atoms with Gasteiger partial charge in [-0.3, -0.25) is 4.79 Å². The molecule has 134 valence electrons. The smallest absolute Gasteiger partial charge is 0.276 e. The summed E-state index contributed by atoms with van der Waals surface area (Å²) in [6.45, 7) is 2.48. The van der Waals surface area contributed by atoms with Crippen LogP contribution in [0.25, 0.3) is 11.5 Å². The zero-order valence-electron chi connectivity index (χ0n) is 14.0. The zero-order chi connectivity index (χ0) is 17.8. The number of piperidine rings is 1. The molecule has 0 radical (unpaired) electrons. The molecule has 2 aliphatic rings. The van der Waals surface area contributed by atoms with Crippen molar-refractivity contribution in [3.05, 3.63) is 23.9 Å². The van der Waals surface area contributed by atoms with E-state index in [1.54, 1.807) is 31.0 Å². The lowest BCUT2D eigenvalue weighted by atomic mass is 9.94. The monoisotopic (exact) mass is 365 g/mol. The second-order valence-corrected chi connectivity index (χ2v) is 8.51. The fourth-order valence-corrected chi connectivity index (χ4v) is 5.09. The Morgan fingerprint density at radius 2 is 2.08 bits per heavy atom. The van der Waals surface area contributed by atoms with Gasteiger partial charge in [0.05, 0.1) is 5.69 Å². The topological polar surface area (TPSA) is 96.9 Å². The predicted octanol–water partition coefficient (Wildman–Crippen LogP) is 1.48. The lowest BCUT2D eigenvalue weighted by molar-refractivity contribution is -0.127. The second-order valence-electron chi connectivity index (χ2n) is 6.64. The standard InChI is InChI=1S/C16H19N3O5S/c1-10-7-14(24-17-10)13-3-4-16(23-13)25(21,22)19-6-5-12-11(9-19)8-15(20)18(12)2/h3-4,7,11-12H,5-6,8-9H2,1-2H3/t11-,12+/m1/s1. The summed E-state index contributed by atoms with van der Waals surface area (Å²) in [5.41, 5.74) is 0.688. The van der Waals surface area contributed by atoms with E-state index in [4.69, 9.17) is 8.94 Å². The molecule has 0 spiro atoms. The van der Waals surface area contributed by atoms with Crippen LogP contribution < -0.4 is 0 Å². The van der Waals surface area contributed by atoms with Crippen molar-refractivity contribution in [3.63, 3.8) is 0 Å². The molecular formula is C16H19N3O5S. The summed E-state index contributed by atoms with van der Waals surface area (Å²) in [6.07, 6.45) is 1.04. The maximum absolute atomic E-state index is 12.9. The molecule has 2 atom stereocenters. The van der Waals surface area contributed by atoms with Crippen LogP contribution in [0.2, 0.25) is 0 Å². The quantitative estimate of drug-likeness (QED) is 0.817. The SMILES string of the molecule is Cc1cc(-c2ccc(S(=O)(=O)N3CC[C@H]4[C@H](CC(=O)N4C)C3)o2)on1. The van der Waals surface area contributed by atoms with E-state index in [-0.39, 0.29) is 23.0 Å². The largest absolute Gasteiger partial charge is 0.440 e. The third-order valence-corrected chi connectivity index (χ3v) is 6.77. The first kappa shape index (κ1) is 16.3. The zero-order valence-corrected chi connectivity index (χ0v) is 14.8. The lowest BCUT2D eigenvalue weighted by Gasteiger charge is -2.35. The van der Waals surface area contributed by atoms with Gasteiger partial charge in [-0.2, -0.15) is 4.31 Å². The molecule has 0 aliphatic carbocycles. The summed E-state index contributed by atoms with van der Waals surface area (Å²) in [5, 5.41) is 3.66. The fraction of sp³-hybridized carbons (Fsp3) is 0.500. The molecule has 0 bridgehead atoms. The van der Waals surface area contributed by atoms with Crippen LogP contribution in [0.5, 0.6) is 0 Å². The molecule has 25 heavy (non-hydrogen) atoms. The second kappa shape index (κ2) is 5.70. The van der Waals surface area contributed by atoms with Crippen molar-refractivity contribution in [1.82, 2.24) is 14.4 Å². The number of carbonyl (C=O) groups is 1. The number of hydrogen-bond acceptors (Lipinski definition) is 6. The molecule has 4 heterocycles. The van der Waals surface area contributed by atoms with E-state index in [0.717, 1.165) is 0 Å². The Morgan fingerprint density at radius 1 is 1.28 bits per heavy atom. The maximum atomic E-state index is 12.9. The van der Waals surface area contributed by atoms with Crippen LogP contribution in [0.15, 0.2) is 32.2 Å². The molecule has 0 N–H and O–H groups in total. The number of amides is 1. The number of sulfonamides is 1. The van der Waals surface area contributed by atoms with Gasteiger partial charge in [0.1, 0.15) is 0 Å². The number of nitrogens with zero attached hydrogens (tertiary/aromatic N) is 3. The van der Waals surface area contributed by atoms with Crippen molar-refractivity contribution in [2.24, 2.45) is 5.92 Å². The van der Waals surface area contributed by atoms with Crippen LogP contribution in [0.3, 0.4) is 0 Å². The average molecular weight is 365 g/mol. The Kier molecular flexibility index (Phi) is 3.73. The van der Waals surface area contributed by atoms with E-state index in [1.165, 1.54) is 10.4 Å². The van der Waals surface area contributed by atoms with Crippen molar-refractivity contribution < 1.29 is 22.2 Å². The number of carbonyl (C=O) groups excluding carboxylic acids is 1. The predicted molar refractivity (Wildman–Crippen MR) is 87.0 cm³/mol. The number of likely N-dealkylation sites (tertiary alicyclic amines) is 1. The molecule has 2 aliphatic heterocycles. The van der Waals surface area contributed by atoms with Gasteiger partial charge >= 0.3 is 0 Å². The Balaban J connectivity index is 1.56. The van der Waals surface area contributed by atoms with Crippen LogP contribution in [-0.4, -0.2) is 54.9 Å². The van der Waals surface area contributed by atoms with Gasteiger partial charge < -0.3 is 13.8 Å². The number of aryl methyl sites for hydroxylation is 1.